The zero-order chi connectivity index (χ0) is 14.8. The molecule has 0 radical (unpaired) electrons. The Hall–Kier alpha value is -2.60. The van der Waals surface area contributed by atoms with Crippen LogP contribution in [0.3, 0.4) is 0 Å². The van der Waals surface area contributed by atoms with Crippen molar-refractivity contribution in [2.45, 2.75) is 20.3 Å². The number of nitrogens with zero attached hydrogens (tertiary/aromatic N) is 3. The number of hydrogen-bond acceptors (Lipinski definition) is 2. The third kappa shape index (κ3) is 2.53. The second-order valence-electron chi connectivity index (χ2n) is 5.67. The normalized spacial score (nSPS) is 11.0. The first-order valence-electron chi connectivity index (χ1n) is 7.15. The van der Waals surface area contributed by atoms with Gasteiger partial charge in [0.1, 0.15) is 0 Å². The molecule has 0 fully saturated rings. The maximum absolute atomic E-state index is 8.90. The number of fused-ring (bicyclic) bond motifs is 1. The first kappa shape index (κ1) is 13.4. The van der Waals surface area contributed by atoms with Crippen LogP contribution >= 0.6 is 0 Å². The molecule has 21 heavy (non-hydrogen) atoms. The molecule has 0 aliphatic carbocycles. The molecular formula is C18H17N3. The Balaban J connectivity index is 2.16. The molecule has 1 aromatic heterocycles. The van der Waals surface area contributed by atoms with E-state index in [1.54, 1.807) is 0 Å². The molecule has 0 unspecified atom stereocenters. The molecule has 1 heterocycles. The highest BCUT2D eigenvalue weighted by atomic mass is 15.3. The molecule has 3 aromatic rings. The summed E-state index contributed by atoms with van der Waals surface area (Å²) in [6, 6.07) is 16.0. The third-order valence-corrected chi connectivity index (χ3v) is 3.54. The fourth-order valence-electron chi connectivity index (χ4n) is 2.63. The molecule has 0 atom stereocenters. The van der Waals surface area contributed by atoms with Crippen LogP contribution in [0.1, 0.15) is 25.0 Å². The highest BCUT2D eigenvalue weighted by Crippen LogP contribution is 2.24. The summed E-state index contributed by atoms with van der Waals surface area (Å²) in [5, 5.41) is 14.6. The van der Waals surface area contributed by atoms with Gasteiger partial charge in [-0.05, 0) is 42.2 Å². The summed E-state index contributed by atoms with van der Waals surface area (Å²) in [5.74, 6) is 0.597. The summed E-state index contributed by atoms with van der Waals surface area (Å²) in [4.78, 5) is 0. The summed E-state index contributed by atoms with van der Waals surface area (Å²) < 4.78 is 1.97. The van der Waals surface area contributed by atoms with Crippen molar-refractivity contribution in [1.29, 1.82) is 5.26 Å². The highest BCUT2D eigenvalue weighted by Gasteiger charge is 2.10. The van der Waals surface area contributed by atoms with Gasteiger partial charge in [0.15, 0.2) is 0 Å². The number of benzene rings is 2. The van der Waals surface area contributed by atoms with Crippen LogP contribution in [0.5, 0.6) is 0 Å². The van der Waals surface area contributed by atoms with E-state index in [-0.39, 0.29) is 0 Å². The predicted octanol–water partition coefficient (Wildman–Crippen LogP) is 4.10. The van der Waals surface area contributed by atoms with E-state index >= 15 is 0 Å². The first-order valence-corrected chi connectivity index (χ1v) is 7.15. The molecule has 104 valence electrons. The van der Waals surface area contributed by atoms with Crippen molar-refractivity contribution >= 4 is 10.9 Å². The molecule has 3 nitrogen and oxygen atoms in total. The fourth-order valence-corrected chi connectivity index (χ4v) is 2.63. The standard InChI is InChI=1S/C18H17N3/c1-13(2)10-15-4-3-5-16-12-20-21(18(15)16)17-8-6-14(11-19)7-9-17/h3-9,12-13H,10H2,1-2H3. The Morgan fingerprint density at radius 3 is 2.57 bits per heavy atom. The molecule has 0 bridgehead atoms. The molecule has 0 N–H and O–H groups in total. The number of aromatic nitrogens is 2. The summed E-state index contributed by atoms with van der Waals surface area (Å²) in [7, 11) is 0. The lowest BCUT2D eigenvalue weighted by molar-refractivity contribution is 0.648. The van der Waals surface area contributed by atoms with Gasteiger partial charge in [0, 0.05) is 5.39 Å². The van der Waals surface area contributed by atoms with Crippen LogP contribution in [0.2, 0.25) is 0 Å². The van der Waals surface area contributed by atoms with Crippen molar-refractivity contribution in [2.24, 2.45) is 5.92 Å². The fraction of sp³-hybridized carbons (Fsp3) is 0.222. The minimum Gasteiger partial charge on any atom is -0.233 e. The van der Waals surface area contributed by atoms with Crippen LogP contribution in [0.4, 0.5) is 0 Å². The van der Waals surface area contributed by atoms with E-state index in [4.69, 9.17) is 5.26 Å². The van der Waals surface area contributed by atoms with Crippen LogP contribution < -0.4 is 0 Å². The smallest absolute Gasteiger partial charge is 0.0991 e. The van der Waals surface area contributed by atoms with Crippen LogP contribution in [-0.2, 0) is 6.42 Å². The molecule has 0 aliphatic rings. The lowest BCUT2D eigenvalue weighted by Crippen LogP contribution is -2.01. The van der Waals surface area contributed by atoms with Gasteiger partial charge < -0.3 is 0 Å². The monoisotopic (exact) mass is 275 g/mol. The number of para-hydroxylation sites is 1. The molecule has 0 saturated heterocycles. The second-order valence-corrected chi connectivity index (χ2v) is 5.67. The summed E-state index contributed by atoms with van der Waals surface area (Å²) in [6.45, 7) is 4.45. The Kier molecular flexibility index (Phi) is 3.45. The largest absolute Gasteiger partial charge is 0.233 e. The molecule has 3 heteroatoms. The van der Waals surface area contributed by atoms with Crippen molar-refractivity contribution in [3.05, 3.63) is 59.8 Å². The van der Waals surface area contributed by atoms with E-state index in [1.807, 2.05) is 35.1 Å². The molecular weight excluding hydrogens is 258 g/mol. The zero-order valence-electron chi connectivity index (χ0n) is 12.2. The predicted molar refractivity (Wildman–Crippen MR) is 84.3 cm³/mol. The minimum absolute atomic E-state index is 0.597. The number of rotatable bonds is 3. The first-order chi connectivity index (χ1) is 10.2. The van der Waals surface area contributed by atoms with Crippen LogP contribution in [0.25, 0.3) is 16.6 Å². The maximum atomic E-state index is 8.90. The van der Waals surface area contributed by atoms with Gasteiger partial charge in [-0.2, -0.15) is 10.4 Å². The molecule has 0 aliphatic heterocycles. The Morgan fingerprint density at radius 2 is 1.90 bits per heavy atom. The van der Waals surface area contributed by atoms with Crippen molar-refractivity contribution in [3.8, 4) is 11.8 Å². The van der Waals surface area contributed by atoms with Gasteiger partial charge in [0.25, 0.3) is 0 Å². The Morgan fingerprint density at radius 1 is 1.14 bits per heavy atom. The van der Waals surface area contributed by atoms with Gasteiger partial charge in [0.05, 0.1) is 29.0 Å². The summed E-state index contributed by atoms with van der Waals surface area (Å²) >= 11 is 0. The van der Waals surface area contributed by atoms with Crippen LogP contribution in [0, 0.1) is 17.2 Å². The molecule has 0 spiro atoms. The van der Waals surface area contributed by atoms with Crippen molar-refractivity contribution in [3.63, 3.8) is 0 Å². The average molecular weight is 275 g/mol. The Labute approximate surface area is 124 Å². The van der Waals surface area contributed by atoms with Crippen molar-refractivity contribution < 1.29 is 0 Å². The molecule has 0 amide bonds. The number of nitriles is 1. The van der Waals surface area contributed by atoms with E-state index < -0.39 is 0 Å². The van der Waals surface area contributed by atoms with Crippen LogP contribution in [-0.4, -0.2) is 9.78 Å². The molecule has 2 aromatic carbocycles. The van der Waals surface area contributed by atoms with Crippen molar-refractivity contribution in [2.75, 3.05) is 0 Å². The average Bonchev–Trinajstić information content (AvgIpc) is 2.92. The number of hydrogen-bond donors (Lipinski definition) is 0. The van der Waals surface area contributed by atoms with Gasteiger partial charge in [0.2, 0.25) is 0 Å². The maximum Gasteiger partial charge on any atom is 0.0991 e. The Bertz CT molecular complexity index is 805. The van der Waals surface area contributed by atoms with E-state index in [1.165, 1.54) is 5.56 Å². The van der Waals surface area contributed by atoms with Gasteiger partial charge in [-0.25, -0.2) is 4.68 Å². The lowest BCUT2D eigenvalue weighted by Gasteiger charge is -2.10. The second kappa shape index (κ2) is 5.41. The van der Waals surface area contributed by atoms with Gasteiger partial charge >= 0.3 is 0 Å². The van der Waals surface area contributed by atoms with Gasteiger partial charge in [-0.1, -0.05) is 32.0 Å². The van der Waals surface area contributed by atoms with E-state index in [0.29, 0.717) is 11.5 Å². The highest BCUT2D eigenvalue weighted by molar-refractivity contribution is 5.83. The minimum atomic E-state index is 0.597. The van der Waals surface area contributed by atoms with E-state index in [9.17, 15) is 0 Å². The SMILES string of the molecule is CC(C)Cc1cccc2cnn(-c3ccc(C#N)cc3)c12. The quantitative estimate of drug-likeness (QED) is 0.722. The van der Waals surface area contributed by atoms with E-state index in [0.717, 1.165) is 23.0 Å². The van der Waals surface area contributed by atoms with Gasteiger partial charge in [-0.3, -0.25) is 0 Å². The van der Waals surface area contributed by atoms with Gasteiger partial charge in [-0.15, -0.1) is 0 Å². The third-order valence-electron chi connectivity index (χ3n) is 3.54. The zero-order valence-corrected chi connectivity index (χ0v) is 12.2. The van der Waals surface area contributed by atoms with Crippen LogP contribution in [0.15, 0.2) is 48.7 Å². The molecule has 3 rings (SSSR count). The van der Waals surface area contributed by atoms with E-state index in [2.05, 4.69) is 43.2 Å². The lowest BCUT2D eigenvalue weighted by atomic mass is 10.0. The summed E-state index contributed by atoms with van der Waals surface area (Å²) in [6.07, 6.45) is 2.93. The topological polar surface area (TPSA) is 41.6 Å². The van der Waals surface area contributed by atoms with Crippen molar-refractivity contribution in [1.82, 2.24) is 9.78 Å². The molecule has 0 saturated carbocycles. The summed E-state index contributed by atoms with van der Waals surface area (Å²) in [5.41, 5.74) is 4.12.